The summed E-state index contributed by atoms with van der Waals surface area (Å²) in [5.74, 6) is -0.543. The van der Waals surface area contributed by atoms with Crippen molar-refractivity contribution in [3.63, 3.8) is 0 Å². The number of hydrogen-bond donors (Lipinski definition) is 1. The average Bonchev–Trinajstić information content (AvgIpc) is 3.14. The van der Waals surface area contributed by atoms with Crippen LogP contribution in [-0.2, 0) is 9.53 Å². The number of nitrogens with one attached hydrogen (secondary N) is 1. The molecule has 7 heteroatoms. The van der Waals surface area contributed by atoms with Crippen molar-refractivity contribution in [1.29, 1.82) is 0 Å². The molecule has 0 bridgehead atoms. The van der Waals surface area contributed by atoms with Gasteiger partial charge in [0.15, 0.2) is 12.4 Å². The molecule has 1 amide bonds. The summed E-state index contributed by atoms with van der Waals surface area (Å²) >= 11 is 0. The van der Waals surface area contributed by atoms with Crippen molar-refractivity contribution in [3.05, 3.63) is 71.5 Å². The lowest BCUT2D eigenvalue weighted by molar-refractivity contribution is -0.116. The highest BCUT2D eigenvalue weighted by molar-refractivity contribution is 6.01. The topological polar surface area (TPSA) is 98.5 Å². The molecular weight excluding hydrogens is 396 g/mol. The lowest BCUT2D eigenvalue weighted by Crippen LogP contribution is -2.16. The largest absolute Gasteiger partial charge is 0.454 e. The van der Waals surface area contributed by atoms with Gasteiger partial charge >= 0.3 is 5.97 Å². The molecule has 0 aliphatic carbocycles. The van der Waals surface area contributed by atoms with Gasteiger partial charge in [0.1, 0.15) is 17.0 Å². The van der Waals surface area contributed by atoms with Crippen molar-refractivity contribution in [2.75, 3.05) is 11.9 Å². The third-order valence-corrected chi connectivity index (χ3v) is 4.53. The molecule has 0 saturated carbocycles. The normalized spacial score (nSPS) is 10.7. The number of amides is 1. The molecule has 0 radical (unpaired) electrons. The molecule has 0 unspecified atom stereocenters. The van der Waals surface area contributed by atoms with E-state index in [1.807, 2.05) is 32.0 Å². The Morgan fingerprint density at radius 2 is 1.71 bits per heavy atom. The lowest BCUT2D eigenvalue weighted by atomic mass is 10.1. The van der Waals surface area contributed by atoms with Crippen molar-refractivity contribution >= 4 is 23.3 Å². The predicted octanol–water partition coefficient (Wildman–Crippen LogP) is 4.67. The minimum Gasteiger partial charge on any atom is -0.454 e. The molecule has 31 heavy (non-hydrogen) atoms. The smallest absolute Gasteiger partial charge is 0.344 e. The molecule has 3 rings (SSSR count). The first kappa shape index (κ1) is 22.0. The van der Waals surface area contributed by atoms with Crippen LogP contribution in [0.25, 0.3) is 11.3 Å². The molecule has 0 fully saturated rings. The molecule has 0 aliphatic rings. The van der Waals surface area contributed by atoms with E-state index >= 15 is 0 Å². The Morgan fingerprint density at radius 1 is 1.03 bits per heavy atom. The minimum atomic E-state index is -0.677. The second kappa shape index (κ2) is 9.84. The number of ketones is 1. The first-order valence-electron chi connectivity index (χ1n) is 9.97. The summed E-state index contributed by atoms with van der Waals surface area (Å²) < 4.78 is 10.4. The van der Waals surface area contributed by atoms with Crippen LogP contribution in [0.15, 0.2) is 59.1 Å². The van der Waals surface area contributed by atoms with Crippen LogP contribution < -0.4 is 5.32 Å². The highest BCUT2D eigenvalue weighted by Crippen LogP contribution is 2.25. The maximum Gasteiger partial charge on any atom is 0.344 e. The molecule has 0 saturated heterocycles. The molecule has 1 N–H and O–H groups in total. The van der Waals surface area contributed by atoms with Crippen LogP contribution in [0.1, 0.15) is 46.7 Å². The number of nitrogens with zero attached hydrogens (tertiary/aromatic N) is 1. The number of carbonyl (C=O) groups excluding carboxylic acids is 3. The maximum absolute atomic E-state index is 12.6. The molecule has 2 aromatic carbocycles. The van der Waals surface area contributed by atoms with Crippen LogP contribution in [0.2, 0.25) is 0 Å². The Labute approximate surface area is 180 Å². The van der Waals surface area contributed by atoms with E-state index in [1.54, 1.807) is 43.3 Å². The summed E-state index contributed by atoms with van der Waals surface area (Å²) in [6, 6.07) is 15.6. The number of aryl methyl sites for hydroxylation is 1. The molecule has 0 spiro atoms. The number of benzene rings is 2. The zero-order valence-corrected chi connectivity index (χ0v) is 17.7. The van der Waals surface area contributed by atoms with Crippen molar-refractivity contribution in [2.24, 2.45) is 5.92 Å². The first-order valence-corrected chi connectivity index (χ1v) is 9.97. The predicted molar refractivity (Wildman–Crippen MR) is 116 cm³/mol. The Bertz CT molecular complexity index is 1070. The molecule has 1 aromatic heterocycles. The van der Waals surface area contributed by atoms with Gasteiger partial charge in [-0.1, -0.05) is 49.3 Å². The van der Waals surface area contributed by atoms with Crippen molar-refractivity contribution in [1.82, 2.24) is 5.16 Å². The Balaban J connectivity index is 1.62. The van der Waals surface area contributed by atoms with E-state index in [2.05, 4.69) is 10.5 Å². The standard InChI is InChI=1S/C24H24N2O5/c1-15(2)13-21(28)25-19-11-9-17(10-12-19)20(27)14-30-24(29)22-16(3)31-26-23(22)18-7-5-4-6-8-18/h4-12,15H,13-14H2,1-3H3,(H,25,28). The van der Waals surface area contributed by atoms with Crippen LogP contribution in [0, 0.1) is 12.8 Å². The molecule has 160 valence electrons. The third-order valence-electron chi connectivity index (χ3n) is 4.53. The molecular formula is C24H24N2O5. The van der Waals surface area contributed by atoms with E-state index in [1.165, 1.54) is 0 Å². The second-order valence-electron chi connectivity index (χ2n) is 7.55. The van der Waals surface area contributed by atoms with E-state index in [4.69, 9.17) is 9.26 Å². The average molecular weight is 420 g/mol. The van der Waals surface area contributed by atoms with Crippen LogP contribution in [-0.4, -0.2) is 29.4 Å². The monoisotopic (exact) mass is 420 g/mol. The molecule has 3 aromatic rings. The van der Waals surface area contributed by atoms with Gasteiger partial charge < -0.3 is 14.6 Å². The Morgan fingerprint density at radius 3 is 2.35 bits per heavy atom. The summed E-state index contributed by atoms with van der Waals surface area (Å²) in [6.45, 7) is 5.12. The van der Waals surface area contributed by atoms with Gasteiger partial charge in [-0.15, -0.1) is 0 Å². The van der Waals surface area contributed by atoms with Crippen LogP contribution in [0.4, 0.5) is 5.69 Å². The fourth-order valence-corrected chi connectivity index (χ4v) is 3.01. The number of hydrogen-bond acceptors (Lipinski definition) is 6. The van der Waals surface area contributed by atoms with Gasteiger partial charge in [0.05, 0.1) is 0 Å². The van der Waals surface area contributed by atoms with Gasteiger partial charge in [0.25, 0.3) is 0 Å². The number of aromatic nitrogens is 1. The summed E-state index contributed by atoms with van der Waals surface area (Å²) in [6.07, 6.45) is 0.421. The molecule has 0 atom stereocenters. The van der Waals surface area contributed by atoms with E-state index in [0.29, 0.717) is 34.7 Å². The highest BCUT2D eigenvalue weighted by Gasteiger charge is 2.23. The maximum atomic E-state index is 12.6. The van der Waals surface area contributed by atoms with Crippen molar-refractivity contribution in [2.45, 2.75) is 27.2 Å². The SMILES string of the molecule is Cc1onc(-c2ccccc2)c1C(=O)OCC(=O)c1ccc(NC(=O)CC(C)C)cc1. The van der Waals surface area contributed by atoms with Gasteiger partial charge in [-0.2, -0.15) is 0 Å². The number of ether oxygens (including phenoxy) is 1. The lowest BCUT2D eigenvalue weighted by Gasteiger charge is -2.08. The molecule has 7 nitrogen and oxygen atoms in total. The first-order chi connectivity index (χ1) is 14.8. The van der Waals surface area contributed by atoms with E-state index in [9.17, 15) is 14.4 Å². The summed E-state index contributed by atoms with van der Waals surface area (Å²) in [4.78, 5) is 36.9. The zero-order chi connectivity index (χ0) is 22.4. The number of carbonyl (C=O) groups is 3. The van der Waals surface area contributed by atoms with Gasteiger partial charge in [-0.3, -0.25) is 9.59 Å². The minimum absolute atomic E-state index is 0.0821. The second-order valence-corrected chi connectivity index (χ2v) is 7.55. The highest BCUT2D eigenvalue weighted by atomic mass is 16.5. The van der Waals surface area contributed by atoms with Crippen molar-refractivity contribution < 1.29 is 23.6 Å². The Kier molecular flexibility index (Phi) is 6.97. The molecule has 1 heterocycles. The van der Waals surface area contributed by atoms with Crippen LogP contribution in [0.3, 0.4) is 0 Å². The van der Waals surface area contributed by atoms with Gasteiger partial charge in [-0.05, 0) is 37.1 Å². The fraction of sp³-hybridized carbons (Fsp3) is 0.250. The third kappa shape index (κ3) is 5.66. The van der Waals surface area contributed by atoms with E-state index in [-0.39, 0.29) is 23.2 Å². The van der Waals surface area contributed by atoms with Gasteiger partial charge in [0.2, 0.25) is 5.91 Å². The molecule has 0 aliphatic heterocycles. The van der Waals surface area contributed by atoms with E-state index in [0.717, 1.165) is 0 Å². The summed E-state index contributed by atoms with van der Waals surface area (Å²) in [5, 5.41) is 6.73. The van der Waals surface area contributed by atoms with Crippen LogP contribution in [0.5, 0.6) is 0 Å². The van der Waals surface area contributed by atoms with Crippen molar-refractivity contribution in [3.8, 4) is 11.3 Å². The number of Topliss-reactive ketones (excluding diaryl/α,β-unsaturated/α-hetero) is 1. The van der Waals surface area contributed by atoms with Gasteiger partial charge in [-0.25, -0.2) is 4.79 Å². The number of esters is 1. The van der Waals surface area contributed by atoms with Crippen LogP contribution >= 0.6 is 0 Å². The summed E-state index contributed by atoms with van der Waals surface area (Å²) in [5.41, 5.74) is 2.26. The van der Waals surface area contributed by atoms with E-state index < -0.39 is 12.6 Å². The number of rotatable bonds is 8. The summed E-state index contributed by atoms with van der Waals surface area (Å²) in [7, 11) is 0. The quantitative estimate of drug-likeness (QED) is 0.420. The number of anilines is 1. The Hall–Kier alpha value is -3.74. The zero-order valence-electron chi connectivity index (χ0n) is 17.7. The fourth-order valence-electron chi connectivity index (χ4n) is 3.01. The van der Waals surface area contributed by atoms with Gasteiger partial charge in [0, 0.05) is 23.2 Å².